The quantitative estimate of drug-likeness (QED) is 0.740. The van der Waals surface area contributed by atoms with Gasteiger partial charge in [0.2, 0.25) is 0 Å². The van der Waals surface area contributed by atoms with Gasteiger partial charge in [-0.15, -0.1) is 0 Å². The fourth-order valence-electron chi connectivity index (χ4n) is 1.78. The van der Waals surface area contributed by atoms with Gasteiger partial charge in [-0.1, -0.05) is 15.9 Å². The lowest BCUT2D eigenvalue weighted by Crippen LogP contribution is -2.43. The van der Waals surface area contributed by atoms with E-state index in [1.807, 2.05) is 6.92 Å². The Morgan fingerprint density at radius 3 is 2.12 bits per heavy atom. The summed E-state index contributed by atoms with van der Waals surface area (Å²) < 4.78 is 11.5. The van der Waals surface area contributed by atoms with Crippen LogP contribution in [0.5, 0.6) is 11.5 Å². The van der Waals surface area contributed by atoms with Crippen molar-refractivity contribution in [2.75, 3.05) is 13.2 Å². The molecule has 0 heterocycles. The molecule has 2 N–H and O–H groups in total. The number of carbonyl (C=O) groups is 2. The Labute approximate surface area is 148 Å². The highest BCUT2D eigenvalue weighted by Crippen LogP contribution is 2.15. The topological polar surface area (TPSA) is 76.7 Å². The third kappa shape index (κ3) is 5.58. The number of halogens is 1. The summed E-state index contributed by atoms with van der Waals surface area (Å²) in [5, 5.41) is 0. The molecule has 0 saturated heterocycles. The highest BCUT2D eigenvalue weighted by atomic mass is 79.9. The number of hydrogen-bond donors (Lipinski definition) is 2. The van der Waals surface area contributed by atoms with Gasteiger partial charge in [-0.05, 0) is 55.5 Å². The van der Waals surface area contributed by atoms with Gasteiger partial charge < -0.3 is 9.47 Å². The first kappa shape index (κ1) is 17.8. The summed E-state index contributed by atoms with van der Waals surface area (Å²) in [5.74, 6) is 0.361. The Morgan fingerprint density at radius 1 is 0.917 bits per heavy atom. The van der Waals surface area contributed by atoms with E-state index in [9.17, 15) is 9.59 Å². The minimum Gasteiger partial charge on any atom is -0.494 e. The van der Waals surface area contributed by atoms with Gasteiger partial charge in [-0.25, -0.2) is 0 Å². The van der Waals surface area contributed by atoms with Crippen molar-refractivity contribution in [3.8, 4) is 11.5 Å². The minimum atomic E-state index is -0.461. The molecule has 0 radical (unpaired) electrons. The van der Waals surface area contributed by atoms with Crippen molar-refractivity contribution in [3.05, 3.63) is 58.6 Å². The zero-order chi connectivity index (χ0) is 17.4. The van der Waals surface area contributed by atoms with Crippen LogP contribution in [0.2, 0.25) is 0 Å². The van der Waals surface area contributed by atoms with Gasteiger partial charge in [0.05, 0.1) is 6.61 Å². The summed E-state index contributed by atoms with van der Waals surface area (Å²) in [6, 6.07) is 13.7. The lowest BCUT2D eigenvalue weighted by atomic mass is 10.2. The molecule has 2 aromatic rings. The van der Waals surface area contributed by atoms with Gasteiger partial charge in [0, 0.05) is 10.0 Å². The molecule has 24 heavy (non-hydrogen) atoms. The van der Waals surface area contributed by atoms with Gasteiger partial charge in [0.1, 0.15) is 11.5 Å². The number of benzene rings is 2. The molecule has 0 aromatic heterocycles. The number of rotatable bonds is 6. The number of hydrogen-bond acceptors (Lipinski definition) is 4. The van der Waals surface area contributed by atoms with Crippen LogP contribution in [0.4, 0.5) is 0 Å². The molecule has 126 valence electrons. The van der Waals surface area contributed by atoms with Crippen molar-refractivity contribution in [3.63, 3.8) is 0 Å². The Hall–Kier alpha value is -2.54. The summed E-state index contributed by atoms with van der Waals surface area (Å²) in [6.45, 7) is 2.23. The molecule has 0 spiro atoms. The van der Waals surface area contributed by atoms with Crippen LogP contribution in [-0.4, -0.2) is 25.0 Å². The van der Waals surface area contributed by atoms with E-state index in [0.717, 1.165) is 4.47 Å². The van der Waals surface area contributed by atoms with Gasteiger partial charge >= 0.3 is 0 Å². The van der Waals surface area contributed by atoms with E-state index in [0.29, 0.717) is 23.7 Å². The molecule has 2 aromatic carbocycles. The third-order valence-corrected chi connectivity index (χ3v) is 3.46. The van der Waals surface area contributed by atoms with Crippen LogP contribution in [-0.2, 0) is 4.79 Å². The monoisotopic (exact) mass is 392 g/mol. The van der Waals surface area contributed by atoms with E-state index in [1.165, 1.54) is 0 Å². The fourth-order valence-corrected chi connectivity index (χ4v) is 2.05. The summed E-state index contributed by atoms with van der Waals surface area (Å²) >= 11 is 3.31. The normalized spacial score (nSPS) is 9.92. The molecule has 2 amide bonds. The van der Waals surface area contributed by atoms with Crippen LogP contribution in [0.15, 0.2) is 53.0 Å². The van der Waals surface area contributed by atoms with E-state index >= 15 is 0 Å². The Morgan fingerprint density at radius 2 is 1.50 bits per heavy atom. The first-order valence-electron chi connectivity index (χ1n) is 7.29. The molecule has 2 rings (SSSR count). The second kappa shape index (κ2) is 8.93. The standard InChI is InChI=1S/C17H17BrN2O4/c1-2-23-14-7-3-12(4-8-14)17(22)20-19-16(21)11-24-15-9-5-13(18)6-10-15/h3-10H,2,11H2,1H3,(H,19,21)(H,20,22). The molecular weight excluding hydrogens is 376 g/mol. The average molecular weight is 393 g/mol. The molecule has 0 unspecified atom stereocenters. The van der Waals surface area contributed by atoms with Crippen LogP contribution in [0.25, 0.3) is 0 Å². The van der Waals surface area contributed by atoms with Gasteiger partial charge in [-0.3, -0.25) is 20.4 Å². The van der Waals surface area contributed by atoms with Crippen LogP contribution in [0, 0.1) is 0 Å². The van der Waals surface area contributed by atoms with Crippen molar-refractivity contribution in [1.29, 1.82) is 0 Å². The van der Waals surface area contributed by atoms with Crippen LogP contribution >= 0.6 is 15.9 Å². The molecule has 0 aliphatic rings. The lowest BCUT2D eigenvalue weighted by molar-refractivity contribution is -0.123. The third-order valence-electron chi connectivity index (χ3n) is 2.93. The van der Waals surface area contributed by atoms with Gasteiger partial charge in [0.25, 0.3) is 11.8 Å². The number of ether oxygens (including phenoxy) is 2. The average Bonchev–Trinajstić information content (AvgIpc) is 2.60. The molecule has 0 aliphatic carbocycles. The zero-order valence-electron chi connectivity index (χ0n) is 13.0. The molecule has 0 bridgehead atoms. The second-order valence-electron chi connectivity index (χ2n) is 4.70. The highest BCUT2D eigenvalue weighted by molar-refractivity contribution is 9.10. The molecule has 7 heteroatoms. The predicted molar refractivity (Wildman–Crippen MR) is 92.9 cm³/mol. The maximum atomic E-state index is 11.9. The van der Waals surface area contributed by atoms with Crippen LogP contribution in [0.1, 0.15) is 17.3 Å². The van der Waals surface area contributed by atoms with Crippen molar-refractivity contribution in [1.82, 2.24) is 10.9 Å². The van der Waals surface area contributed by atoms with Crippen molar-refractivity contribution in [2.24, 2.45) is 0 Å². The summed E-state index contributed by atoms with van der Waals surface area (Å²) in [4.78, 5) is 23.6. The summed E-state index contributed by atoms with van der Waals surface area (Å²) in [7, 11) is 0. The maximum Gasteiger partial charge on any atom is 0.276 e. The predicted octanol–water partition coefficient (Wildman–Crippen LogP) is 2.69. The smallest absolute Gasteiger partial charge is 0.276 e. The first-order valence-corrected chi connectivity index (χ1v) is 8.08. The Balaban J connectivity index is 1.76. The first-order chi connectivity index (χ1) is 11.6. The fraction of sp³-hybridized carbons (Fsp3) is 0.176. The highest BCUT2D eigenvalue weighted by Gasteiger charge is 2.08. The minimum absolute atomic E-state index is 0.203. The zero-order valence-corrected chi connectivity index (χ0v) is 14.6. The van der Waals surface area contributed by atoms with Crippen molar-refractivity contribution >= 4 is 27.7 Å². The molecule has 6 nitrogen and oxygen atoms in total. The molecule has 0 saturated carbocycles. The molecule has 0 aliphatic heterocycles. The largest absolute Gasteiger partial charge is 0.494 e. The number of hydrazine groups is 1. The van der Waals surface area contributed by atoms with Crippen molar-refractivity contribution in [2.45, 2.75) is 6.92 Å². The Bertz CT molecular complexity index is 687. The van der Waals surface area contributed by atoms with Gasteiger partial charge in [0.15, 0.2) is 6.61 Å². The molecule has 0 fully saturated rings. The van der Waals surface area contributed by atoms with Crippen molar-refractivity contribution < 1.29 is 19.1 Å². The van der Waals surface area contributed by atoms with E-state index in [2.05, 4.69) is 26.8 Å². The lowest BCUT2D eigenvalue weighted by Gasteiger charge is -2.09. The molecular formula is C17H17BrN2O4. The van der Waals surface area contributed by atoms with E-state index in [4.69, 9.17) is 9.47 Å². The summed E-state index contributed by atoms with van der Waals surface area (Å²) in [6.07, 6.45) is 0. The van der Waals surface area contributed by atoms with Crippen LogP contribution < -0.4 is 20.3 Å². The number of carbonyl (C=O) groups excluding carboxylic acids is 2. The second-order valence-corrected chi connectivity index (χ2v) is 5.62. The summed E-state index contributed by atoms with van der Waals surface area (Å²) in [5.41, 5.74) is 5.04. The van der Waals surface area contributed by atoms with Crippen LogP contribution in [0.3, 0.4) is 0 Å². The van der Waals surface area contributed by atoms with Gasteiger partial charge in [-0.2, -0.15) is 0 Å². The number of nitrogens with one attached hydrogen (secondary N) is 2. The maximum absolute atomic E-state index is 11.9. The van der Waals surface area contributed by atoms with E-state index in [-0.39, 0.29) is 6.61 Å². The SMILES string of the molecule is CCOc1ccc(C(=O)NNC(=O)COc2ccc(Br)cc2)cc1. The Kier molecular flexibility index (Phi) is 6.62. The number of amides is 2. The molecule has 0 atom stereocenters. The van der Waals surface area contributed by atoms with E-state index in [1.54, 1.807) is 48.5 Å². The van der Waals surface area contributed by atoms with E-state index < -0.39 is 11.8 Å².